The number of rotatable bonds is 1. The van der Waals surface area contributed by atoms with Gasteiger partial charge in [0.1, 0.15) is 11.8 Å². The third kappa shape index (κ3) is 1.50. The van der Waals surface area contributed by atoms with E-state index in [9.17, 15) is 4.79 Å². The standard InChI is InChI=1S/C11H8N2O/c14-7-2-1-4-9-5-3-6-10-11(9)13-8-12-10/h3,5-8H,2H2,(H,12,13). The Morgan fingerprint density at radius 3 is 3.29 bits per heavy atom. The van der Waals surface area contributed by atoms with Crippen LogP contribution in [0.1, 0.15) is 12.0 Å². The second-order valence-electron chi connectivity index (χ2n) is 2.78. The maximum Gasteiger partial charge on any atom is 0.131 e. The smallest absolute Gasteiger partial charge is 0.131 e. The largest absolute Gasteiger partial charge is 0.345 e. The fourth-order valence-corrected chi connectivity index (χ4v) is 1.25. The summed E-state index contributed by atoms with van der Waals surface area (Å²) in [6, 6.07) is 5.74. The second-order valence-corrected chi connectivity index (χ2v) is 2.78. The first-order valence-corrected chi connectivity index (χ1v) is 4.26. The van der Waals surface area contributed by atoms with Crippen LogP contribution in [0.15, 0.2) is 24.5 Å². The number of H-pyrrole nitrogens is 1. The van der Waals surface area contributed by atoms with E-state index < -0.39 is 0 Å². The quantitative estimate of drug-likeness (QED) is 0.539. The fourth-order valence-electron chi connectivity index (χ4n) is 1.25. The number of aromatic amines is 1. The maximum atomic E-state index is 10.1. The van der Waals surface area contributed by atoms with Gasteiger partial charge in [0, 0.05) is 0 Å². The molecule has 2 rings (SSSR count). The Hall–Kier alpha value is -2.08. The van der Waals surface area contributed by atoms with Crippen molar-refractivity contribution in [1.29, 1.82) is 0 Å². The first-order valence-electron chi connectivity index (χ1n) is 4.26. The molecule has 0 saturated carbocycles. The minimum atomic E-state index is 0.265. The highest BCUT2D eigenvalue weighted by Crippen LogP contribution is 2.12. The number of aromatic nitrogens is 2. The average molecular weight is 184 g/mol. The van der Waals surface area contributed by atoms with Crippen LogP contribution in [0.2, 0.25) is 0 Å². The number of nitrogens with zero attached hydrogens (tertiary/aromatic N) is 1. The Morgan fingerprint density at radius 1 is 1.50 bits per heavy atom. The summed E-state index contributed by atoms with van der Waals surface area (Å²) in [5.74, 6) is 5.67. The molecule has 3 nitrogen and oxygen atoms in total. The number of nitrogens with one attached hydrogen (secondary N) is 1. The van der Waals surface area contributed by atoms with Gasteiger partial charge >= 0.3 is 0 Å². The van der Waals surface area contributed by atoms with E-state index in [1.54, 1.807) is 6.33 Å². The Kier molecular flexibility index (Phi) is 2.28. The highest BCUT2D eigenvalue weighted by atomic mass is 16.1. The van der Waals surface area contributed by atoms with E-state index in [2.05, 4.69) is 21.8 Å². The Labute approximate surface area is 81.2 Å². The number of fused-ring (bicyclic) bond motifs is 1. The van der Waals surface area contributed by atoms with Gasteiger partial charge in [-0.3, -0.25) is 0 Å². The molecule has 1 N–H and O–H groups in total. The molecule has 0 atom stereocenters. The zero-order valence-electron chi connectivity index (χ0n) is 7.45. The lowest BCUT2D eigenvalue weighted by atomic mass is 10.2. The third-order valence-electron chi connectivity index (χ3n) is 1.86. The number of carbonyl (C=O) groups excluding carboxylic acids is 1. The molecule has 0 amide bonds. The molecule has 0 radical (unpaired) electrons. The van der Waals surface area contributed by atoms with Crippen LogP contribution in [-0.2, 0) is 4.79 Å². The van der Waals surface area contributed by atoms with Crippen LogP contribution in [0, 0.1) is 11.8 Å². The van der Waals surface area contributed by atoms with Crippen molar-refractivity contribution in [2.75, 3.05) is 0 Å². The third-order valence-corrected chi connectivity index (χ3v) is 1.86. The molecule has 1 heterocycles. The van der Waals surface area contributed by atoms with Gasteiger partial charge in [0.05, 0.1) is 23.8 Å². The van der Waals surface area contributed by atoms with Crippen LogP contribution < -0.4 is 0 Å². The fraction of sp³-hybridized carbons (Fsp3) is 0.0909. The highest BCUT2D eigenvalue weighted by molar-refractivity contribution is 5.81. The number of para-hydroxylation sites is 1. The molecule has 3 heteroatoms. The summed E-state index contributed by atoms with van der Waals surface area (Å²) in [4.78, 5) is 17.2. The minimum absolute atomic E-state index is 0.265. The van der Waals surface area contributed by atoms with Crippen LogP contribution in [-0.4, -0.2) is 16.3 Å². The van der Waals surface area contributed by atoms with Crippen molar-refractivity contribution in [1.82, 2.24) is 9.97 Å². The summed E-state index contributed by atoms with van der Waals surface area (Å²) in [6.45, 7) is 0. The molecule has 1 aromatic heterocycles. The molecule has 0 aliphatic heterocycles. The molecule has 14 heavy (non-hydrogen) atoms. The van der Waals surface area contributed by atoms with Crippen LogP contribution in [0.5, 0.6) is 0 Å². The van der Waals surface area contributed by atoms with Crippen LogP contribution in [0.25, 0.3) is 11.0 Å². The number of imidazole rings is 1. The van der Waals surface area contributed by atoms with Gasteiger partial charge in [0.25, 0.3) is 0 Å². The molecule has 0 aliphatic rings. The van der Waals surface area contributed by atoms with Crippen molar-refractivity contribution < 1.29 is 4.79 Å². The summed E-state index contributed by atoms with van der Waals surface area (Å²) in [5, 5.41) is 0. The van der Waals surface area contributed by atoms with Crippen molar-refractivity contribution in [3.63, 3.8) is 0 Å². The van der Waals surface area contributed by atoms with Gasteiger partial charge in [-0.15, -0.1) is 0 Å². The number of aldehydes is 1. The topological polar surface area (TPSA) is 45.8 Å². The van der Waals surface area contributed by atoms with Gasteiger partial charge in [-0.25, -0.2) is 4.98 Å². The molecule has 0 aliphatic carbocycles. The van der Waals surface area contributed by atoms with E-state index >= 15 is 0 Å². The van der Waals surface area contributed by atoms with Crippen molar-refractivity contribution in [3.8, 4) is 11.8 Å². The van der Waals surface area contributed by atoms with Crippen LogP contribution >= 0.6 is 0 Å². The Bertz CT molecular complexity index is 517. The highest BCUT2D eigenvalue weighted by Gasteiger charge is 1.98. The van der Waals surface area contributed by atoms with Gasteiger partial charge in [0.2, 0.25) is 0 Å². The first-order chi connectivity index (χ1) is 6.92. The molecule has 0 unspecified atom stereocenters. The monoisotopic (exact) mass is 184 g/mol. The summed E-state index contributed by atoms with van der Waals surface area (Å²) < 4.78 is 0. The van der Waals surface area contributed by atoms with Gasteiger partial charge in [-0.05, 0) is 12.1 Å². The lowest BCUT2D eigenvalue weighted by Gasteiger charge is -1.90. The number of hydrogen-bond acceptors (Lipinski definition) is 2. The Morgan fingerprint density at radius 2 is 2.43 bits per heavy atom. The number of benzene rings is 1. The lowest BCUT2D eigenvalue weighted by molar-refractivity contribution is -0.107. The average Bonchev–Trinajstić information content (AvgIpc) is 2.67. The SMILES string of the molecule is O=CCC#Cc1cccc2[nH]cnc12. The predicted molar refractivity (Wildman–Crippen MR) is 53.7 cm³/mol. The minimum Gasteiger partial charge on any atom is -0.345 e. The maximum absolute atomic E-state index is 10.1. The van der Waals surface area contributed by atoms with E-state index in [-0.39, 0.29) is 6.42 Å². The lowest BCUT2D eigenvalue weighted by Crippen LogP contribution is -1.78. The molecular weight excluding hydrogens is 176 g/mol. The summed E-state index contributed by atoms with van der Waals surface area (Å²) in [7, 11) is 0. The van der Waals surface area contributed by atoms with Crippen molar-refractivity contribution >= 4 is 17.3 Å². The molecule has 2 aromatic rings. The van der Waals surface area contributed by atoms with Gasteiger partial charge in [-0.2, -0.15) is 0 Å². The molecule has 0 spiro atoms. The predicted octanol–water partition coefficient (Wildman–Crippen LogP) is 1.50. The van der Waals surface area contributed by atoms with Crippen LogP contribution in [0.3, 0.4) is 0 Å². The first kappa shape index (κ1) is 8.52. The Balaban J connectivity index is 2.47. The molecule has 0 saturated heterocycles. The number of hydrogen-bond donors (Lipinski definition) is 1. The van der Waals surface area contributed by atoms with E-state index in [1.807, 2.05) is 18.2 Å². The van der Waals surface area contributed by atoms with E-state index in [0.29, 0.717) is 0 Å². The molecule has 0 bridgehead atoms. The summed E-state index contributed by atoms with van der Waals surface area (Å²) in [5.41, 5.74) is 2.67. The normalized spacial score (nSPS) is 9.43. The second kappa shape index (κ2) is 3.75. The van der Waals surface area contributed by atoms with Crippen LogP contribution in [0.4, 0.5) is 0 Å². The zero-order valence-corrected chi connectivity index (χ0v) is 7.45. The van der Waals surface area contributed by atoms with E-state index in [1.165, 1.54) is 0 Å². The van der Waals surface area contributed by atoms with Gasteiger partial charge in [0.15, 0.2) is 0 Å². The van der Waals surface area contributed by atoms with Crippen molar-refractivity contribution in [3.05, 3.63) is 30.1 Å². The van der Waals surface area contributed by atoms with Gasteiger partial charge in [-0.1, -0.05) is 17.9 Å². The molecule has 1 aromatic carbocycles. The molecule has 0 fully saturated rings. The van der Waals surface area contributed by atoms with Crippen molar-refractivity contribution in [2.45, 2.75) is 6.42 Å². The molecule has 68 valence electrons. The van der Waals surface area contributed by atoms with Gasteiger partial charge < -0.3 is 9.78 Å². The summed E-state index contributed by atoms with van der Waals surface area (Å²) >= 11 is 0. The zero-order chi connectivity index (χ0) is 9.80. The molecular formula is C11H8N2O. The van der Waals surface area contributed by atoms with E-state index in [4.69, 9.17) is 0 Å². The summed E-state index contributed by atoms with van der Waals surface area (Å²) in [6.07, 6.45) is 2.69. The van der Waals surface area contributed by atoms with E-state index in [0.717, 1.165) is 22.9 Å². The van der Waals surface area contributed by atoms with Crippen molar-refractivity contribution in [2.24, 2.45) is 0 Å². The number of carbonyl (C=O) groups is 1.